The highest BCUT2D eigenvalue weighted by Crippen LogP contribution is 2.37. The first-order chi connectivity index (χ1) is 16.0. The van der Waals surface area contributed by atoms with Crippen molar-refractivity contribution in [3.8, 4) is 12.3 Å². The third-order valence-electron chi connectivity index (χ3n) is 6.94. The highest BCUT2D eigenvalue weighted by Gasteiger charge is 2.40. The topological polar surface area (TPSA) is 6.48 Å². The van der Waals surface area contributed by atoms with Crippen molar-refractivity contribution in [3.05, 3.63) is 70.8 Å². The standard InChI is InChI=1S/C26H26F6N2/c1-2-20-16-34-12-11-21(20)13-24(34)17-33(14-18-3-7-22(8-4-18)25(27,28)29)15-19-5-9-23(10-6-19)26(30,31)32/h1,3-10,20-21,24H,11-17H2/t20-,21-,24+/m0/s1. The van der Waals surface area contributed by atoms with Gasteiger partial charge in [-0.2, -0.15) is 26.3 Å². The fraction of sp³-hybridized carbons (Fsp3) is 0.462. The summed E-state index contributed by atoms with van der Waals surface area (Å²) < 4.78 is 77.6. The molecule has 1 unspecified atom stereocenters. The third-order valence-corrected chi connectivity index (χ3v) is 6.94. The number of nitrogens with zero attached hydrogens (tertiary/aromatic N) is 2. The van der Waals surface area contributed by atoms with Gasteiger partial charge in [-0.25, -0.2) is 0 Å². The summed E-state index contributed by atoms with van der Waals surface area (Å²) in [6, 6.07) is 10.4. The molecule has 2 aromatic rings. The SMILES string of the molecule is C#C[C@H]1CN2CC[C@H]1C[C@@H]2CN(Cc1ccc(C(F)(F)F)cc1)Cc1ccc(C(F)(F)F)cc1. The van der Waals surface area contributed by atoms with E-state index in [2.05, 4.69) is 15.7 Å². The minimum absolute atomic E-state index is 0.239. The Hall–Kier alpha value is -2.50. The molecule has 0 aliphatic carbocycles. The van der Waals surface area contributed by atoms with Crippen LogP contribution < -0.4 is 0 Å². The summed E-state index contributed by atoms with van der Waals surface area (Å²) in [5.41, 5.74) is 0.0258. The molecule has 0 amide bonds. The zero-order chi connectivity index (χ0) is 24.5. The molecule has 2 aromatic carbocycles. The number of halogens is 6. The van der Waals surface area contributed by atoms with Gasteiger partial charge in [-0.15, -0.1) is 12.3 Å². The van der Waals surface area contributed by atoms with Crippen molar-refractivity contribution in [2.24, 2.45) is 11.8 Å². The molecule has 0 aromatic heterocycles. The van der Waals surface area contributed by atoms with Gasteiger partial charge in [0.2, 0.25) is 0 Å². The molecule has 8 heteroatoms. The van der Waals surface area contributed by atoms with E-state index in [0.29, 0.717) is 25.6 Å². The van der Waals surface area contributed by atoms with Crippen LogP contribution in [0.3, 0.4) is 0 Å². The molecular weight excluding hydrogens is 454 g/mol. The van der Waals surface area contributed by atoms with Crippen LogP contribution in [0.25, 0.3) is 0 Å². The zero-order valence-electron chi connectivity index (χ0n) is 18.5. The Balaban J connectivity index is 1.51. The lowest BCUT2D eigenvalue weighted by molar-refractivity contribution is -0.138. The van der Waals surface area contributed by atoms with E-state index in [-0.39, 0.29) is 12.0 Å². The molecule has 0 spiro atoms. The molecule has 34 heavy (non-hydrogen) atoms. The maximum Gasteiger partial charge on any atom is 0.416 e. The fourth-order valence-electron chi connectivity index (χ4n) is 5.11. The Kier molecular flexibility index (Phi) is 6.97. The molecule has 2 bridgehead atoms. The molecule has 0 radical (unpaired) electrons. The van der Waals surface area contributed by atoms with Crippen LogP contribution in [0.2, 0.25) is 0 Å². The fourth-order valence-corrected chi connectivity index (χ4v) is 5.11. The molecule has 3 aliphatic rings. The van der Waals surface area contributed by atoms with Crippen LogP contribution in [0.15, 0.2) is 48.5 Å². The maximum absolute atomic E-state index is 12.9. The average molecular weight is 480 g/mol. The first-order valence-electron chi connectivity index (χ1n) is 11.3. The van der Waals surface area contributed by atoms with E-state index in [9.17, 15) is 26.3 Å². The van der Waals surface area contributed by atoms with E-state index in [1.165, 1.54) is 24.3 Å². The van der Waals surface area contributed by atoms with Gasteiger partial charge >= 0.3 is 12.4 Å². The lowest BCUT2D eigenvalue weighted by Crippen LogP contribution is -2.56. The van der Waals surface area contributed by atoms with Crippen molar-refractivity contribution < 1.29 is 26.3 Å². The maximum atomic E-state index is 12.9. The van der Waals surface area contributed by atoms with Gasteiger partial charge in [0.15, 0.2) is 0 Å². The predicted octanol–water partition coefficient (Wildman–Crippen LogP) is 6.07. The van der Waals surface area contributed by atoms with Crippen LogP contribution in [-0.4, -0.2) is 35.5 Å². The molecule has 3 aliphatic heterocycles. The summed E-state index contributed by atoms with van der Waals surface area (Å²) in [4.78, 5) is 4.47. The highest BCUT2D eigenvalue weighted by molar-refractivity contribution is 5.26. The molecule has 182 valence electrons. The molecule has 2 nitrogen and oxygen atoms in total. The van der Waals surface area contributed by atoms with Crippen molar-refractivity contribution in [2.45, 2.75) is 44.3 Å². The second kappa shape index (κ2) is 9.63. The van der Waals surface area contributed by atoms with E-state index < -0.39 is 23.5 Å². The molecule has 3 saturated heterocycles. The van der Waals surface area contributed by atoms with E-state index >= 15 is 0 Å². The lowest BCUT2D eigenvalue weighted by atomic mass is 9.76. The van der Waals surface area contributed by atoms with Crippen LogP contribution in [0.4, 0.5) is 26.3 Å². The number of piperidine rings is 3. The highest BCUT2D eigenvalue weighted by atomic mass is 19.4. The van der Waals surface area contributed by atoms with Crippen LogP contribution in [0.1, 0.15) is 35.1 Å². The number of rotatable bonds is 6. The lowest BCUT2D eigenvalue weighted by Gasteiger charge is -2.49. The first-order valence-corrected chi connectivity index (χ1v) is 11.3. The van der Waals surface area contributed by atoms with Gasteiger partial charge < -0.3 is 0 Å². The third kappa shape index (κ3) is 5.76. The van der Waals surface area contributed by atoms with Crippen LogP contribution >= 0.6 is 0 Å². The van der Waals surface area contributed by atoms with Gasteiger partial charge in [-0.1, -0.05) is 24.3 Å². The number of fused-ring (bicyclic) bond motifs is 3. The normalized spacial score (nSPS) is 24.9. The zero-order valence-corrected chi connectivity index (χ0v) is 18.5. The van der Waals surface area contributed by atoms with Gasteiger partial charge in [0.25, 0.3) is 0 Å². The van der Waals surface area contributed by atoms with E-state index in [1.807, 2.05) is 0 Å². The minimum Gasteiger partial charge on any atom is -0.298 e. The Bertz CT molecular complexity index is 945. The van der Waals surface area contributed by atoms with Crippen molar-refractivity contribution in [3.63, 3.8) is 0 Å². The van der Waals surface area contributed by atoms with Crippen molar-refractivity contribution in [1.29, 1.82) is 0 Å². The molecule has 4 atom stereocenters. The largest absolute Gasteiger partial charge is 0.416 e. The van der Waals surface area contributed by atoms with E-state index in [4.69, 9.17) is 6.42 Å². The summed E-state index contributed by atoms with van der Waals surface area (Å²) in [6.07, 6.45) is -1.12. The molecular formula is C26H26F6N2. The van der Waals surface area contributed by atoms with Crippen molar-refractivity contribution >= 4 is 0 Å². The second-order valence-corrected chi connectivity index (χ2v) is 9.27. The minimum atomic E-state index is -4.40. The second-order valence-electron chi connectivity index (χ2n) is 9.27. The van der Waals surface area contributed by atoms with Crippen molar-refractivity contribution in [2.75, 3.05) is 19.6 Å². The molecule has 5 rings (SSSR count). The number of hydrogen-bond donors (Lipinski definition) is 0. The Morgan fingerprint density at radius 1 is 0.853 bits per heavy atom. The van der Waals surface area contributed by atoms with Gasteiger partial charge in [0.05, 0.1) is 11.1 Å². The molecule has 0 saturated carbocycles. The van der Waals surface area contributed by atoms with E-state index in [1.54, 1.807) is 0 Å². The summed E-state index contributed by atoms with van der Waals surface area (Å²) in [5.74, 6) is 3.58. The summed E-state index contributed by atoms with van der Waals surface area (Å²) in [5, 5.41) is 0. The van der Waals surface area contributed by atoms with E-state index in [0.717, 1.165) is 61.3 Å². The van der Waals surface area contributed by atoms with Crippen molar-refractivity contribution in [1.82, 2.24) is 9.80 Å². The number of hydrogen-bond acceptors (Lipinski definition) is 2. The monoisotopic (exact) mass is 480 g/mol. The molecule has 3 heterocycles. The smallest absolute Gasteiger partial charge is 0.298 e. The number of terminal acetylenes is 1. The summed E-state index contributed by atoms with van der Waals surface area (Å²) >= 11 is 0. The quantitative estimate of drug-likeness (QED) is 0.366. The molecule has 3 fully saturated rings. The van der Waals surface area contributed by atoms with Gasteiger partial charge in [-0.05, 0) is 60.7 Å². The Morgan fingerprint density at radius 2 is 1.35 bits per heavy atom. The van der Waals surface area contributed by atoms with Gasteiger partial charge in [0.1, 0.15) is 0 Å². The van der Waals surface area contributed by atoms with Crippen LogP contribution in [0.5, 0.6) is 0 Å². The Labute approximate surface area is 195 Å². The predicted molar refractivity (Wildman–Crippen MR) is 117 cm³/mol. The molecule has 0 N–H and O–H groups in total. The summed E-state index contributed by atoms with van der Waals surface area (Å²) in [7, 11) is 0. The van der Waals surface area contributed by atoms with Gasteiger partial charge in [-0.3, -0.25) is 9.80 Å². The summed E-state index contributed by atoms with van der Waals surface area (Å²) in [6.45, 7) is 3.25. The van der Waals surface area contributed by atoms with Crippen LogP contribution in [-0.2, 0) is 25.4 Å². The number of alkyl halides is 6. The average Bonchev–Trinajstić information content (AvgIpc) is 2.79. The number of benzene rings is 2. The first kappa shape index (κ1) is 24.6. The van der Waals surface area contributed by atoms with Crippen LogP contribution in [0, 0.1) is 24.2 Å². The Morgan fingerprint density at radius 3 is 1.74 bits per heavy atom. The van der Waals surface area contributed by atoms with Gasteiger partial charge in [0, 0.05) is 38.1 Å².